The Morgan fingerprint density at radius 1 is 1.19 bits per heavy atom. The minimum Gasteiger partial charge on any atom is -0.310 e. The molecule has 0 aromatic heterocycles. The first kappa shape index (κ1) is 11.2. The van der Waals surface area contributed by atoms with E-state index in [0.717, 1.165) is 0 Å². The summed E-state index contributed by atoms with van der Waals surface area (Å²) in [6.07, 6.45) is 1.42. The molecule has 2 saturated heterocycles. The lowest BCUT2D eigenvalue weighted by atomic mass is 10.2. The number of urea groups is 2. The van der Waals surface area contributed by atoms with Gasteiger partial charge >= 0.3 is 12.1 Å². The van der Waals surface area contributed by atoms with Crippen molar-refractivity contribution in [2.75, 3.05) is 0 Å². The third kappa shape index (κ3) is 1.15. The predicted molar refractivity (Wildman–Crippen MR) is 56.0 cm³/mol. The highest BCUT2D eigenvalue weighted by Crippen LogP contribution is 2.40. The van der Waals surface area contributed by atoms with Crippen molar-refractivity contribution in [1.29, 1.82) is 5.26 Å². The molecule has 5 amide bonds. The molecule has 0 bridgehead atoms. The molecular weight excluding hydrogens is 350 g/mol. The van der Waals surface area contributed by atoms with Crippen LogP contribution in [0.25, 0.3) is 0 Å². The second kappa shape index (κ2) is 3.08. The van der Waals surface area contributed by atoms with E-state index in [1.807, 2.05) is 0 Å². The number of hydrogen-bond donors (Lipinski definition) is 3. The fraction of sp³-hybridized carbons (Fsp3) is 0.333. The highest BCUT2D eigenvalue weighted by atomic mass is 79.9. The molecule has 2 unspecified atom stereocenters. The number of amides is 5. The average Bonchev–Trinajstić information content (AvgIpc) is 2.37. The Bertz CT molecular complexity index is 462. The minimum absolute atomic E-state index is 0.307. The quantitative estimate of drug-likeness (QED) is 0.309. The molecule has 2 heterocycles. The molecule has 2 atom stereocenters. The fourth-order valence-corrected chi connectivity index (χ4v) is 2.55. The van der Waals surface area contributed by atoms with E-state index in [-0.39, 0.29) is 0 Å². The van der Waals surface area contributed by atoms with E-state index in [1.54, 1.807) is 0 Å². The summed E-state index contributed by atoms with van der Waals surface area (Å²) < 4.78 is -3.14. The standard InChI is InChI=1S/C6H3Br2N5O3/c7-5-2(14)13(1-9)4(16)12-6(5,8)11-3(15)10-5/h(H,12,16)(H2,10,11,15). The maximum absolute atomic E-state index is 11.8. The van der Waals surface area contributed by atoms with Crippen molar-refractivity contribution >= 4 is 49.8 Å². The summed E-state index contributed by atoms with van der Waals surface area (Å²) in [5.74, 6) is -0.894. The van der Waals surface area contributed by atoms with Crippen molar-refractivity contribution in [1.82, 2.24) is 20.9 Å². The van der Waals surface area contributed by atoms with E-state index >= 15 is 0 Å². The molecule has 8 nitrogen and oxygen atoms in total. The van der Waals surface area contributed by atoms with Gasteiger partial charge in [-0.05, 0) is 31.9 Å². The highest BCUT2D eigenvalue weighted by Gasteiger charge is 2.67. The van der Waals surface area contributed by atoms with Gasteiger partial charge < -0.3 is 16.0 Å². The summed E-state index contributed by atoms with van der Waals surface area (Å²) in [5, 5.41) is 15.5. The van der Waals surface area contributed by atoms with Gasteiger partial charge in [0.05, 0.1) is 0 Å². The lowest BCUT2D eigenvalue weighted by Crippen LogP contribution is -2.74. The first-order valence-electron chi connectivity index (χ1n) is 3.88. The lowest BCUT2D eigenvalue weighted by Gasteiger charge is -2.40. The summed E-state index contributed by atoms with van der Waals surface area (Å²) in [6.45, 7) is 0. The Kier molecular flexibility index (Phi) is 2.15. The summed E-state index contributed by atoms with van der Waals surface area (Å²) >= 11 is 6.02. The third-order valence-electron chi connectivity index (χ3n) is 2.13. The Morgan fingerprint density at radius 3 is 2.38 bits per heavy atom. The van der Waals surface area contributed by atoms with Crippen molar-refractivity contribution < 1.29 is 14.4 Å². The molecule has 2 fully saturated rings. The van der Waals surface area contributed by atoms with Gasteiger partial charge in [0.25, 0.3) is 5.91 Å². The van der Waals surface area contributed by atoms with Gasteiger partial charge in [0.1, 0.15) is 0 Å². The molecule has 0 aromatic carbocycles. The van der Waals surface area contributed by atoms with E-state index in [1.165, 1.54) is 6.19 Å². The van der Waals surface area contributed by atoms with Gasteiger partial charge in [0.15, 0.2) is 6.19 Å². The van der Waals surface area contributed by atoms with E-state index in [4.69, 9.17) is 5.26 Å². The molecule has 0 saturated carbocycles. The first-order chi connectivity index (χ1) is 7.34. The molecule has 2 aliphatic rings. The Labute approximate surface area is 106 Å². The monoisotopic (exact) mass is 351 g/mol. The number of carbonyl (C=O) groups is 3. The molecule has 84 valence electrons. The number of imide groups is 1. The van der Waals surface area contributed by atoms with Crippen molar-refractivity contribution in [2.45, 2.75) is 9.02 Å². The molecule has 0 spiro atoms. The number of nitrogens with one attached hydrogen (secondary N) is 3. The molecule has 0 aliphatic carbocycles. The number of fused-ring (bicyclic) bond motifs is 1. The summed E-state index contributed by atoms with van der Waals surface area (Å²) in [4.78, 5) is 34.7. The van der Waals surface area contributed by atoms with E-state index < -0.39 is 27.0 Å². The molecule has 2 aliphatic heterocycles. The summed E-state index contributed by atoms with van der Waals surface area (Å²) in [5.41, 5.74) is 0. The van der Waals surface area contributed by atoms with Crippen molar-refractivity contribution in [3.8, 4) is 6.19 Å². The molecule has 0 radical (unpaired) electrons. The Morgan fingerprint density at radius 2 is 1.81 bits per heavy atom. The second-order valence-corrected chi connectivity index (χ2v) is 5.45. The SMILES string of the molecule is N#CN1C(=O)NC2(Br)NC(=O)NC2(Br)C1=O. The van der Waals surface area contributed by atoms with Crippen LogP contribution in [0.15, 0.2) is 0 Å². The number of hydrogen-bond acceptors (Lipinski definition) is 4. The van der Waals surface area contributed by atoms with Crippen LogP contribution in [-0.4, -0.2) is 31.9 Å². The van der Waals surface area contributed by atoms with Crippen molar-refractivity contribution in [3.05, 3.63) is 0 Å². The zero-order valence-electron chi connectivity index (χ0n) is 7.38. The van der Waals surface area contributed by atoms with Gasteiger partial charge in [-0.2, -0.15) is 10.2 Å². The Hall–Kier alpha value is -1.34. The normalized spacial score (nSPS) is 37.1. The number of nitrogens with zero attached hydrogens (tertiary/aromatic N) is 2. The van der Waals surface area contributed by atoms with Gasteiger partial charge in [-0.1, -0.05) is 0 Å². The van der Waals surface area contributed by atoms with Gasteiger partial charge in [0, 0.05) is 0 Å². The van der Waals surface area contributed by atoms with Crippen LogP contribution in [0.2, 0.25) is 0 Å². The fourth-order valence-electron chi connectivity index (χ4n) is 1.37. The molecule has 10 heteroatoms. The van der Waals surface area contributed by atoms with Crippen LogP contribution in [0.4, 0.5) is 9.59 Å². The first-order valence-corrected chi connectivity index (χ1v) is 5.47. The minimum atomic E-state index is -1.64. The highest BCUT2D eigenvalue weighted by molar-refractivity contribution is 9.13. The largest absolute Gasteiger partial charge is 0.340 e. The van der Waals surface area contributed by atoms with Gasteiger partial charge in [-0.15, -0.1) is 0 Å². The molecule has 16 heavy (non-hydrogen) atoms. The van der Waals surface area contributed by atoms with Crippen LogP contribution in [0.1, 0.15) is 0 Å². The zero-order chi connectivity index (χ0) is 12.1. The van der Waals surface area contributed by atoms with Crippen molar-refractivity contribution in [3.63, 3.8) is 0 Å². The molecule has 3 N–H and O–H groups in total. The third-order valence-corrected chi connectivity index (χ3v) is 4.78. The molecule has 0 aromatic rings. The van der Waals surface area contributed by atoms with Crippen LogP contribution >= 0.6 is 31.9 Å². The number of nitriles is 1. The van der Waals surface area contributed by atoms with Gasteiger partial charge in [-0.25, -0.2) is 9.59 Å². The van der Waals surface area contributed by atoms with Crippen LogP contribution in [0.3, 0.4) is 0 Å². The predicted octanol–water partition coefficient (Wildman–Crippen LogP) is -0.528. The van der Waals surface area contributed by atoms with Crippen LogP contribution in [0.5, 0.6) is 0 Å². The van der Waals surface area contributed by atoms with E-state index in [2.05, 4.69) is 47.8 Å². The molecule has 2 rings (SSSR count). The van der Waals surface area contributed by atoms with Crippen molar-refractivity contribution in [2.24, 2.45) is 0 Å². The topological polar surface area (TPSA) is 114 Å². The average molecular weight is 353 g/mol. The van der Waals surface area contributed by atoms with Gasteiger partial charge in [-0.3, -0.25) is 4.79 Å². The summed E-state index contributed by atoms with van der Waals surface area (Å²) in [7, 11) is 0. The maximum Gasteiger partial charge on any atom is 0.340 e. The number of halogens is 2. The second-order valence-electron chi connectivity index (χ2n) is 3.07. The number of carbonyl (C=O) groups excluding carboxylic acids is 3. The van der Waals surface area contributed by atoms with Crippen LogP contribution in [0, 0.1) is 11.5 Å². The van der Waals surface area contributed by atoms with Gasteiger partial charge in [0.2, 0.25) is 9.02 Å². The number of rotatable bonds is 0. The van der Waals surface area contributed by atoms with Crippen LogP contribution in [-0.2, 0) is 4.79 Å². The Balaban J connectivity index is 2.51. The molecular formula is C6H3Br2N5O3. The summed E-state index contributed by atoms with van der Waals surface area (Å²) in [6, 6.07) is -1.59. The smallest absolute Gasteiger partial charge is 0.310 e. The lowest BCUT2D eigenvalue weighted by molar-refractivity contribution is -0.130. The van der Waals surface area contributed by atoms with E-state index in [0.29, 0.717) is 4.90 Å². The van der Waals surface area contributed by atoms with E-state index in [9.17, 15) is 14.4 Å². The zero-order valence-corrected chi connectivity index (χ0v) is 10.5. The maximum atomic E-state index is 11.8. The van der Waals surface area contributed by atoms with Crippen LogP contribution < -0.4 is 16.0 Å². The number of alkyl halides is 2.